The lowest BCUT2D eigenvalue weighted by molar-refractivity contribution is 0.342. The summed E-state index contributed by atoms with van der Waals surface area (Å²) in [6.45, 7) is 2.43. The summed E-state index contributed by atoms with van der Waals surface area (Å²) in [5, 5.41) is 2.12. The zero-order valence-electron chi connectivity index (χ0n) is 15.0. The molecule has 0 aliphatic carbocycles. The number of nitrogens with one attached hydrogen (secondary N) is 1. The lowest BCUT2D eigenvalue weighted by Crippen LogP contribution is -2.12. The van der Waals surface area contributed by atoms with E-state index in [-0.39, 0.29) is 0 Å². The molecule has 0 spiro atoms. The first-order valence-corrected chi connectivity index (χ1v) is 10.7. The second kappa shape index (κ2) is 7.42. The molecule has 2 aromatic carbocycles. The van der Waals surface area contributed by atoms with Crippen molar-refractivity contribution in [2.24, 2.45) is 0 Å². The van der Waals surface area contributed by atoms with Crippen molar-refractivity contribution in [3.63, 3.8) is 0 Å². The van der Waals surface area contributed by atoms with Crippen LogP contribution < -0.4 is 4.74 Å². The fraction of sp³-hybridized carbons (Fsp3) is 0.200. The smallest absolute Gasteiger partial charge is 0.143 e. The molecule has 1 unspecified atom stereocenters. The number of fused-ring (bicyclic) bond motifs is 2. The summed E-state index contributed by atoms with van der Waals surface area (Å²) in [6.07, 6.45) is 5.12. The van der Waals surface area contributed by atoms with Crippen LogP contribution in [0, 0.1) is 6.92 Å². The Morgan fingerprint density at radius 2 is 2.11 bits per heavy atom. The van der Waals surface area contributed by atoms with Gasteiger partial charge in [-0.15, -0.1) is 12.6 Å². The quantitative estimate of drug-likeness (QED) is 0.392. The Bertz CT molecular complexity index is 1090. The maximum Gasteiger partial charge on any atom is 0.143 e. The van der Waals surface area contributed by atoms with E-state index in [0.717, 1.165) is 37.8 Å². The molecule has 0 saturated heterocycles. The number of hydrogen-bond acceptors (Lipinski definition) is 5. The van der Waals surface area contributed by atoms with Gasteiger partial charge in [0.25, 0.3) is 0 Å². The number of aromatic nitrogens is 3. The molecule has 0 saturated carbocycles. The van der Waals surface area contributed by atoms with E-state index in [1.807, 2.05) is 24.3 Å². The summed E-state index contributed by atoms with van der Waals surface area (Å²) in [6, 6.07) is 10.0. The Morgan fingerprint density at radius 3 is 2.89 bits per heavy atom. The minimum Gasteiger partial charge on any atom is -0.616 e. The van der Waals surface area contributed by atoms with Crippen LogP contribution in [0.25, 0.3) is 33.2 Å². The zero-order valence-corrected chi connectivity index (χ0v) is 16.7. The predicted octanol–water partition coefficient (Wildman–Crippen LogP) is 4.13. The lowest BCUT2D eigenvalue weighted by Gasteiger charge is -2.16. The summed E-state index contributed by atoms with van der Waals surface area (Å²) in [7, 11) is 0. The van der Waals surface area contributed by atoms with Gasteiger partial charge in [-0.1, -0.05) is 29.4 Å². The second-order valence-electron chi connectivity index (χ2n) is 6.37. The van der Waals surface area contributed by atoms with Gasteiger partial charge in [0.2, 0.25) is 0 Å². The van der Waals surface area contributed by atoms with Crippen LogP contribution in [0.4, 0.5) is 0 Å². The van der Waals surface area contributed by atoms with Gasteiger partial charge in [-0.25, -0.2) is 4.98 Å². The molecule has 5 nitrogen and oxygen atoms in total. The minimum absolute atomic E-state index is 0.364. The number of H-pyrrole nitrogens is 1. The molecular weight excluding hydrogens is 378 g/mol. The molecule has 2 aromatic heterocycles. The number of rotatable bonds is 5. The van der Waals surface area contributed by atoms with Gasteiger partial charge in [0.1, 0.15) is 29.5 Å². The number of benzene rings is 2. The number of imidazole rings is 1. The third-order valence-electron chi connectivity index (χ3n) is 4.49. The number of aromatic amines is 1. The molecule has 2 heterocycles. The molecule has 138 valence electrons. The molecule has 0 amide bonds. The molecule has 0 aliphatic heterocycles. The topological polar surface area (TPSA) is 73.9 Å². The highest BCUT2D eigenvalue weighted by Crippen LogP contribution is 2.41. The molecule has 0 aliphatic rings. The van der Waals surface area contributed by atoms with E-state index >= 15 is 0 Å². The summed E-state index contributed by atoms with van der Waals surface area (Å²) in [5.41, 5.74) is 3.63. The van der Waals surface area contributed by atoms with E-state index in [1.54, 1.807) is 18.6 Å². The SMILES string of the molecule is Cc1cccc2c(S)c(-c3nc4cnccc4[nH]3)c(OCC[S+](C)[O-])cc12. The van der Waals surface area contributed by atoms with E-state index in [4.69, 9.17) is 17.4 Å². The second-order valence-corrected chi connectivity index (χ2v) is 8.37. The highest BCUT2D eigenvalue weighted by atomic mass is 32.2. The number of hydrogen-bond donors (Lipinski definition) is 2. The lowest BCUT2D eigenvalue weighted by atomic mass is 10.0. The molecule has 1 N–H and O–H groups in total. The van der Waals surface area contributed by atoms with Crippen LogP contribution in [0.2, 0.25) is 0 Å². The molecule has 27 heavy (non-hydrogen) atoms. The van der Waals surface area contributed by atoms with Crippen LogP contribution >= 0.6 is 12.6 Å². The van der Waals surface area contributed by atoms with Gasteiger partial charge in [0, 0.05) is 11.1 Å². The molecule has 0 fully saturated rings. The summed E-state index contributed by atoms with van der Waals surface area (Å²) >= 11 is 3.91. The Hall–Kier alpha value is -2.22. The Balaban J connectivity index is 1.91. The molecule has 1 atom stereocenters. The number of thiol groups is 1. The van der Waals surface area contributed by atoms with E-state index in [2.05, 4.69) is 27.9 Å². The molecular formula is C20H19N3O2S2. The maximum atomic E-state index is 11.4. The van der Waals surface area contributed by atoms with Gasteiger partial charge in [0.05, 0.1) is 23.5 Å². The Labute approximate surface area is 165 Å². The molecule has 7 heteroatoms. The zero-order chi connectivity index (χ0) is 19.0. The van der Waals surface area contributed by atoms with Crippen molar-refractivity contribution in [3.05, 3.63) is 48.3 Å². The molecule has 0 radical (unpaired) electrons. The fourth-order valence-electron chi connectivity index (χ4n) is 3.12. The van der Waals surface area contributed by atoms with Crippen molar-refractivity contribution in [2.75, 3.05) is 18.6 Å². The van der Waals surface area contributed by atoms with Gasteiger partial charge in [-0.2, -0.15) is 0 Å². The van der Waals surface area contributed by atoms with Gasteiger partial charge < -0.3 is 14.3 Å². The highest BCUT2D eigenvalue weighted by molar-refractivity contribution is 7.90. The van der Waals surface area contributed by atoms with Crippen LogP contribution in [0.15, 0.2) is 47.6 Å². The molecule has 4 aromatic rings. The van der Waals surface area contributed by atoms with Crippen molar-refractivity contribution in [3.8, 4) is 17.1 Å². The highest BCUT2D eigenvalue weighted by Gasteiger charge is 2.19. The minimum atomic E-state index is -0.915. The number of nitrogens with zero attached hydrogens (tertiary/aromatic N) is 2. The largest absolute Gasteiger partial charge is 0.616 e. The van der Waals surface area contributed by atoms with Crippen molar-refractivity contribution in [2.45, 2.75) is 11.8 Å². The average molecular weight is 398 g/mol. The predicted molar refractivity (Wildman–Crippen MR) is 113 cm³/mol. The summed E-state index contributed by atoms with van der Waals surface area (Å²) in [4.78, 5) is 12.9. The number of aryl methyl sites for hydroxylation is 1. The third kappa shape index (κ3) is 3.50. The van der Waals surface area contributed by atoms with Crippen LogP contribution in [-0.4, -0.2) is 38.1 Å². The standard InChI is InChI=1S/C20H19N3O2S2/c1-12-4-3-5-13-14(12)10-17(25-8-9-27(2)24)18(19(13)26)20-22-15-6-7-21-11-16(15)23-20/h3-7,10-11,26H,8-9H2,1-2H3,(H,22,23). The van der Waals surface area contributed by atoms with E-state index in [1.165, 1.54) is 0 Å². The summed E-state index contributed by atoms with van der Waals surface area (Å²) < 4.78 is 17.5. The van der Waals surface area contributed by atoms with Crippen LogP contribution in [0.1, 0.15) is 5.56 Å². The number of pyridine rings is 1. The Kier molecular flexibility index (Phi) is 4.99. The van der Waals surface area contributed by atoms with Crippen molar-refractivity contribution in [1.29, 1.82) is 0 Å². The third-order valence-corrected chi connectivity index (χ3v) is 5.69. The first kappa shape index (κ1) is 18.2. The average Bonchev–Trinajstić information content (AvgIpc) is 3.06. The number of ether oxygens (including phenoxy) is 1. The van der Waals surface area contributed by atoms with Crippen molar-refractivity contribution in [1.82, 2.24) is 15.0 Å². The van der Waals surface area contributed by atoms with Crippen molar-refractivity contribution >= 4 is 45.6 Å². The van der Waals surface area contributed by atoms with Gasteiger partial charge in [-0.3, -0.25) is 4.98 Å². The Morgan fingerprint density at radius 1 is 1.26 bits per heavy atom. The van der Waals surface area contributed by atoms with Crippen LogP contribution in [-0.2, 0) is 11.2 Å². The first-order valence-electron chi connectivity index (χ1n) is 8.53. The normalized spacial score (nSPS) is 12.6. The fourth-order valence-corrected chi connectivity index (χ4v) is 3.85. The first-order chi connectivity index (χ1) is 13.0. The van der Waals surface area contributed by atoms with Crippen molar-refractivity contribution < 1.29 is 9.29 Å². The summed E-state index contributed by atoms with van der Waals surface area (Å²) in [5.74, 6) is 1.83. The maximum absolute atomic E-state index is 11.4. The molecule has 0 bridgehead atoms. The van der Waals surface area contributed by atoms with Gasteiger partial charge >= 0.3 is 0 Å². The molecule has 4 rings (SSSR count). The van der Waals surface area contributed by atoms with E-state index in [9.17, 15) is 4.55 Å². The van der Waals surface area contributed by atoms with Gasteiger partial charge in [0.15, 0.2) is 0 Å². The monoisotopic (exact) mass is 397 g/mol. The van der Waals surface area contributed by atoms with E-state index < -0.39 is 11.2 Å². The van der Waals surface area contributed by atoms with E-state index in [0.29, 0.717) is 23.9 Å². The van der Waals surface area contributed by atoms with Crippen LogP contribution in [0.5, 0.6) is 5.75 Å². The van der Waals surface area contributed by atoms with Gasteiger partial charge in [-0.05, 0) is 35.4 Å². The van der Waals surface area contributed by atoms with Crippen LogP contribution in [0.3, 0.4) is 0 Å².